The van der Waals surface area contributed by atoms with Gasteiger partial charge in [0.05, 0.1) is 6.61 Å². The Bertz CT molecular complexity index is 882. The second kappa shape index (κ2) is 12.6. The summed E-state index contributed by atoms with van der Waals surface area (Å²) in [4.78, 5) is 12.6. The van der Waals surface area contributed by atoms with Crippen LogP contribution in [0.25, 0.3) is 11.8 Å². The zero-order valence-electron chi connectivity index (χ0n) is 18.9. The summed E-state index contributed by atoms with van der Waals surface area (Å²) in [5.74, 6) is -0.520. The Morgan fingerprint density at radius 2 is 1.71 bits per heavy atom. The van der Waals surface area contributed by atoms with Crippen LogP contribution in [0.2, 0.25) is 0 Å². The Hall–Kier alpha value is -3.01. The van der Waals surface area contributed by atoms with Crippen molar-refractivity contribution in [3.63, 3.8) is 0 Å². The third kappa shape index (κ3) is 7.32. The number of hydrogen-bond donors (Lipinski definition) is 2. The van der Waals surface area contributed by atoms with Gasteiger partial charge in [-0.3, -0.25) is 0 Å². The van der Waals surface area contributed by atoms with E-state index in [1.165, 1.54) is 0 Å². The first kappa shape index (κ1) is 24.3. The van der Waals surface area contributed by atoms with Crippen molar-refractivity contribution in [3.8, 4) is 0 Å². The molecule has 0 heterocycles. The van der Waals surface area contributed by atoms with Crippen LogP contribution in [0, 0.1) is 5.92 Å². The van der Waals surface area contributed by atoms with Gasteiger partial charge in [-0.15, -0.1) is 0 Å². The molecule has 0 saturated carbocycles. The Morgan fingerprint density at radius 1 is 1.03 bits per heavy atom. The van der Waals surface area contributed by atoms with E-state index in [-0.39, 0.29) is 11.5 Å². The standard InChI is InChI=1S/C27H35NO3/c1-4-6-7-11-18-31-26(22-14-16-23(28)17-15-22)25(27(29)30)24(20(3)5-2)19-21-12-9-8-10-13-21/h8-10,12-17,19-20H,4-7,11,18,28H2,1-3H3,(H,29,30). The molecule has 0 fully saturated rings. The molecule has 0 aliphatic rings. The fourth-order valence-corrected chi connectivity index (χ4v) is 3.40. The number of anilines is 1. The number of unbranched alkanes of at least 4 members (excludes halogenated alkanes) is 3. The second-order valence-corrected chi connectivity index (χ2v) is 7.86. The van der Waals surface area contributed by atoms with Crippen LogP contribution in [0.4, 0.5) is 5.69 Å². The average molecular weight is 422 g/mol. The van der Waals surface area contributed by atoms with Crippen LogP contribution in [0.3, 0.4) is 0 Å². The summed E-state index contributed by atoms with van der Waals surface area (Å²) in [5, 5.41) is 10.3. The summed E-state index contributed by atoms with van der Waals surface area (Å²) in [6, 6.07) is 17.0. The molecule has 0 aliphatic carbocycles. The minimum absolute atomic E-state index is 0.0544. The van der Waals surface area contributed by atoms with Crippen LogP contribution in [-0.2, 0) is 9.53 Å². The molecule has 4 nitrogen and oxygen atoms in total. The largest absolute Gasteiger partial charge is 0.492 e. The molecule has 166 valence electrons. The summed E-state index contributed by atoms with van der Waals surface area (Å²) in [6.45, 7) is 6.77. The number of rotatable bonds is 12. The highest BCUT2D eigenvalue weighted by Gasteiger charge is 2.25. The Morgan fingerprint density at radius 3 is 2.29 bits per heavy atom. The molecule has 0 radical (unpaired) electrons. The molecule has 1 unspecified atom stereocenters. The van der Waals surface area contributed by atoms with Gasteiger partial charge in [0.25, 0.3) is 0 Å². The summed E-state index contributed by atoms with van der Waals surface area (Å²) in [6.07, 6.45) is 7.02. The maximum atomic E-state index is 12.6. The maximum absolute atomic E-state index is 12.6. The molecule has 0 amide bonds. The zero-order valence-corrected chi connectivity index (χ0v) is 18.9. The molecule has 0 spiro atoms. The van der Waals surface area contributed by atoms with Gasteiger partial charge in [0.2, 0.25) is 0 Å². The van der Waals surface area contributed by atoms with Crippen molar-refractivity contribution in [1.29, 1.82) is 0 Å². The quantitative estimate of drug-likeness (QED) is 0.130. The van der Waals surface area contributed by atoms with Crippen molar-refractivity contribution >= 4 is 23.5 Å². The van der Waals surface area contributed by atoms with Crippen LogP contribution in [0.1, 0.15) is 64.0 Å². The van der Waals surface area contributed by atoms with Crippen LogP contribution in [0.15, 0.2) is 65.7 Å². The van der Waals surface area contributed by atoms with Crippen LogP contribution in [0.5, 0.6) is 0 Å². The smallest absolute Gasteiger partial charge is 0.339 e. The van der Waals surface area contributed by atoms with Gasteiger partial charge in [-0.2, -0.15) is 0 Å². The third-order valence-corrected chi connectivity index (χ3v) is 5.41. The van der Waals surface area contributed by atoms with Crippen molar-refractivity contribution < 1.29 is 14.6 Å². The first-order chi connectivity index (χ1) is 15.0. The van der Waals surface area contributed by atoms with Gasteiger partial charge in [-0.25, -0.2) is 4.79 Å². The number of nitrogens with two attached hydrogens (primary N) is 1. The SMILES string of the molecule is CCCCCCOC(=C(C(=O)O)C(=Cc1ccccc1)C(C)CC)c1ccc(N)cc1. The van der Waals surface area contributed by atoms with E-state index in [0.717, 1.165) is 48.8 Å². The number of hydrogen-bond acceptors (Lipinski definition) is 3. The summed E-state index contributed by atoms with van der Waals surface area (Å²) in [5.41, 5.74) is 9.18. The normalized spacial score (nSPS) is 13.5. The van der Waals surface area contributed by atoms with Crippen LogP contribution in [-0.4, -0.2) is 17.7 Å². The van der Waals surface area contributed by atoms with E-state index in [2.05, 4.69) is 20.8 Å². The molecule has 3 N–H and O–H groups in total. The average Bonchev–Trinajstić information content (AvgIpc) is 2.77. The van der Waals surface area contributed by atoms with Crippen LogP contribution < -0.4 is 5.73 Å². The molecule has 1 atom stereocenters. The van der Waals surface area contributed by atoms with E-state index < -0.39 is 5.97 Å². The number of carboxylic acids is 1. The summed E-state index contributed by atoms with van der Waals surface area (Å²) in [7, 11) is 0. The van der Waals surface area contributed by atoms with Gasteiger partial charge in [0.1, 0.15) is 11.3 Å². The number of aliphatic carboxylic acids is 1. The predicted molar refractivity (Wildman–Crippen MR) is 129 cm³/mol. The number of benzene rings is 2. The Kier molecular flexibility index (Phi) is 9.89. The monoisotopic (exact) mass is 421 g/mol. The Labute approximate surface area is 186 Å². The minimum atomic E-state index is -0.983. The van der Waals surface area contributed by atoms with E-state index >= 15 is 0 Å². The van der Waals surface area contributed by atoms with Gasteiger partial charge in [0, 0.05) is 11.3 Å². The highest BCUT2D eigenvalue weighted by molar-refractivity contribution is 6.01. The molecule has 2 aromatic rings. The molecule has 4 heteroatoms. The fourth-order valence-electron chi connectivity index (χ4n) is 3.40. The maximum Gasteiger partial charge on any atom is 0.339 e. The topological polar surface area (TPSA) is 72.5 Å². The summed E-state index contributed by atoms with van der Waals surface area (Å²) < 4.78 is 6.17. The van der Waals surface area contributed by atoms with Crippen molar-refractivity contribution in [3.05, 3.63) is 76.9 Å². The van der Waals surface area contributed by atoms with E-state index in [1.807, 2.05) is 48.5 Å². The molecule has 0 saturated heterocycles. The molecule has 0 bridgehead atoms. The fraction of sp³-hybridized carbons (Fsp3) is 0.370. The lowest BCUT2D eigenvalue weighted by atomic mass is 9.88. The molecule has 0 aliphatic heterocycles. The van der Waals surface area contributed by atoms with Gasteiger partial charge < -0.3 is 15.6 Å². The highest BCUT2D eigenvalue weighted by atomic mass is 16.5. The van der Waals surface area contributed by atoms with Gasteiger partial charge in [-0.1, -0.05) is 76.4 Å². The molecule has 2 aromatic carbocycles. The van der Waals surface area contributed by atoms with Crippen molar-refractivity contribution in [2.75, 3.05) is 12.3 Å². The molecular formula is C27H35NO3. The molecular weight excluding hydrogens is 386 g/mol. The molecule has 2 rings (SSSR count). The predicted octanol–water partition coefficient (Wildman–Crippen LogP) is 6.79. The lowest BCUT2D eigenvalue weighted by molar-refractivity contribution is -0.132. The van der Waals surface area contributed by atoms with Crippen molar-refractivity contribution in [2.45, 2.75) is 52.9 Å². The minimum Gasteiger partial charge on any atom is -0.492 e. The number of carboxylic acid groups (broad SMARTS) is 1. The summed E-state index contributed by atoms with van der Waals surface area (Å²) >= 11 is 0. The number of ether oxygens (including phenoxy) is 1. The second-order valence-electron chi connectivity index (χ2n) is 7.86. The first-order valence-corrected chi connectivity index (χ1v) is 11.2. The lowest BCUT2D eigenvalue weighted by Crippen LogP contribution is -2.14. The van der Waals surface area contributed by atoms with Gasteiger partial charge in [0.15, 0.2) is 0 Å². The third-order valence-electron chi connectivity index (χ3n) is 5.41. The van der Waals surface area contributed by atoms with Crippen molar-refractivity contribution in [1.82, 2.24) is 0 Å². The zero-order chi connectivity index (χ0) is 22.6. The van der Waals surface area contributed by atoms with E-state index in [0.29, 0.717) is 18.1 Å². The van der Waals surface area contributed by atoms with E-state index in [1.54, 1.807) is 12.1 Å². The van der Waals surface area contributed by atoms with Gasteiger partial charge in [-0.05, 0) is 54.2 Å². The first-order valence-electron chi connectivity index (χ1n) is 11.2. The lowest BCUT2D eigenvalue weighted by Gasteiger charge is -2.21. The van der Waals surface area contributed by atoms with E-state index in [4.69, 9.17) is 10.5 Å². The van der Waals surface area contributed by atoms with E-state index in [9.17, 15) is 9.90 Å². The highest BCUT2D eigenvalue weighted by Crippen LogP contribution is 2.33. The van der Waals surface area contributed by atoms with Crippen molar-refractivity contribution in [2.24, 2.45) is 5.92 Å². The number of nitrogen functional groups attached to an aromatic ring is 1. The van der Waals surface area contributed by atoms with Gasteiger partial charge >= 0.3 is 5.97 Å². The number of carbonyl (C=O) groups is 1. The van der Waals surface area contributed by atoms with Crippen LogP contribution >= 0.6 is 0 Å². The molecule has 0 aromatic heterocycles. The Balaban J connectivity index is 2.60. The molecule has 31 heavy (non-hydrogen) atoms.